The number of nitrogens with zero attached hydrogens (tertiary/aromatic N) is 4. The van der Waals surface area contributed by atoms with Crippen LogP contribution in [0.3, 0.4) is 0 Å². The summed E-state index contributed by atoms with van der Waals surface area (Å²) in [5, 5.41) is 6.20. The predicted octanol–water partition coefficient (Wildman–Crippen LogP) is 1.69. The van der Waals surface area contributed by atoms with Gasteiger partial charge in [0, 0.05) is 31.5 Å². The van der Waals surface area contributed by atoms with Gasteiger partial charge in [-0.1, -0.05) is 0 Å². The summed E-state index contributed by atoms with van der Waals surface area (Å²) in [6.45, 7) is 1.42. The third kappa shape index (κ3) is 4.13. The summed E-state index contributed by atoms with van der Waals surface area (Å²) in [6.07, 6.45) is 8.05. The van der Waals surface area contributed by atoms with Crippen molar-refractivity contribution in [3.05, 3.63) is 24.2 Å². The minimum atomic E-state index is 0.617. The van der Waals surface area contributed by atoms with Crippen molar-refractivity contribution in [2.24, 2.45) is 11.7 Å². The molecule has 0 aliphatic heterocycles. The largest absolute Gasteiger partial charge is 0.357 e. The van der Waals surface area contributed by atoms with E-state index >= 15 is 0 Å². The fourth-order valence-electron chi connectivity index (χ4n) is 2.40. The van der Waals surface area contributed by atoms with Crippen LogP contribution in [0.1, 0.15) is 25.0 Å². The Kier molecular flexibility index (Phi) is 4.97. The maximum atomic E-state index is 5.51. The van der Waals surface area contributed by atoms with E-state index in [1.807, 2.05) is 19.3 Å². The van der Waals surface area contributed by atoms with E-state index in [0.29, 0.717) is 18.4 Å². The molecule has 23 heavy (non-hydrogen) atoms. The Hall–Kier alpha value is -2.28. The molecule has 1 aliphatic carbocycles. The first-order valence-corrected chi connectivity index (χ1v) is 8.11. The highest BCUT2D eigenvalue weighted by Gasteiger charge is 2.24. The van der Waals surface area contributed by atoms with Crippen LogP contribution in [0.15, 0.2) is 18.5 Å². The lowest BCUT2D eigenvalue weighted by atomic mass is 10.1. The number of nitrogens with two attached hydrogens (primary N) is 1. The third-order valence-corrected chi connectivity index (χ3v) is 3.87. The van der Waals surface area contributed by atoms with Gasteiger partial charge in [-0.3, -0.25) is 0 Å². The molecule has 7 nitrogen and oxygen atoms in total. The zero-order valence-electron chi connectivity index (χ0n) is 13.4. The number of rotatable bonds is 8. The number of nitrogens with one attached hydrogen (secondary N) is 2. The quantitative estimate of drug-likeness (QED) is 0.637. The minimum Gasteiger partial charge on any atom is -0.357 e. The van der Waals surface area contributed by atoms with E-state index in [9.17, 15) is 0 Å². The average molecular weight is 313 g/mol. The molecular formula is C16H23N7. The summed E-state index contributed by atoms with van der Waals surface area (Å²) in [6, 6.07) is 1.91. The molecule has 0 spiro atoms. The molecule has 122 valence electrons. The molecule has 0 amide bonds. The number of hydrogen-bond donors (Lipinski definition) is 3. The predicted molar refractivity (Wildman–Crippen MR) is 91.2 cm³/mol. The Morgan fingerprint density at radius 1 is 1.22 bits per heavy atom. The van der Waals surface area contributed by atoms with Crippen LogP contribution in [0.5, 0.6) is 0 Å². The fraction of sp³-hybridized carbons (Fsp3) is 0.500. The highest BCUT2D eigenvalue weighted by Crippen LogP contribution is 2.34. The van der Waals surface area contributed by atoms with Gasteiger partial charge < -0.3 is 16.4 Å². The van der Waals surface area contributed by atoms with Gasteiger partial charge in [0.15, 0.2) is 0 Å². The van der Waals surface area contributed by atoms with Crippen LogP contribution >= 0.6 is 0 Å². The Morgan fingerprint density at radius 3 is 2.83 bits per heavy atom. The van der Waals surface area contributed by atoms with E-state index in [4.69, 9.17) is 5.73 Å². The van der Waals surface area contributed by atoms with Gasteiger partial charge >= 0.3 is 0 Å². The smallest absolute Gasteiger partial charge is 0.223 e. The molecule has 0 saturated heterocycles. The monoisotopic (exact) mass is 313 g/mol. The standard InChI is InChI=1S/C16H23N7/c1-18-15-21-10-12(14(23-15)9-11-3-4-11)13-5-8-20-16(22-13)19-7-2-6-17/h5,8,10-11H,2-4,6-7,9,17H2,1H3,(H,18,21,23)(H,19,20,22). The van der Waals surface area contributed by atoms with Gasteiger partial charge in [-0.25, -0.2) is 19.9 Å². The Labute approximate surface area is 136 Å². The molecule has 0 radical (unpaired) electrons. The van der Waals surface area contributed by atoms with Crippen molar-refractivity contribution in [3.63, 3.8) is 0 Å². The van der Waals surface area contributed by atoms with Crippen molar-refractivity contribution in [1.82, 2.24) is 19.9 Å². The van der Waals surface area contributed by atoms with Crippen molar-refractivity contribution in [3.8, 4) is 11.3 Å². The van der Waals surface area contributed by atoms with E-state index in [1.54, 1.807) is 6.20 Å². The highest BCUT2D eigenvalue weighted by atomic mass is 15.1. The van der Waals surface area contributed by atoms with E-state index in [2.05, 4.69) is 30.6 Å². The first kappa shape index (κ1) is 15.6. The molecule has 0 atom stereocenters. The van der Waals surface area contributed by atoms with Crippen LogP contribution in [0.25, 0.3) is 11.3 Å². The SMILES string of the molecule is CNc1ncc(-c2ccnc(NCCCN)n2)c(CC2CC2)n1. The summed E-state index contributed by atoms with van der Waals surface area (Å²) in [5.41, 5.74) is 8.41. The summed E-state index contributed by atoms with van der Waals surface area (Å²) in [7, 11) is 1.83. The number of anilines is 2. The summed E-state index contributed by atoms with van der Waals surface area (Å²) in [5.74, 6) is 2.02. The van der Waals surface area contributed by atoms with Crippen LogP contribution in [-0.2, 0) is 6.42 Å². The molecule has 7 heteroatoms. The van der Waals surface area contributed by atoms with Gasteiger partial charge in [-0.15, -0.1) is 0 Å². The summed E-state index contributed by atoms with van der Waals surface area (Å²) in [4.78, 5) is 17.8. The van der Waals surface area contributed by atoms with E-state index < -0.39 is 0 Å². The van der Waals surface area contributed by atoms with Gasteiger partial charge in [0.05, 0.1) is 11.4 Å². The first-order chi connectivity index (χ1) is 11.3. The molecule has 3 rings (SSSR count). The molecule has 2 aromatic rings. The van der Waals surface area contributed by atoms with Crippen LogP contribution in [-0.4, -0.2) is 40.1 Å². The van der Waals surface area contributed by atoms with Crippen molar-refractivity contribution in [2.75, 3.05) is 30.8 Å². The Bertz CT molecular complexity index is 655. The minimum absolute atomic E-state index is 0.617. The van der Waals surface area contributed by atoms with Crippen molar-refractivity contribution in [1.29, 1.82) is 0 Å². The molecule has 0 bridgehead atoms. The molecule has 1 saturated carbocycles. The Morgan fingerprint density at radius 2 is 2.09 bits per heavy atom. The lowest BCUT2D eigenvalue weighted by Crippen LogP contribution is -2.11. The van der Waals surface area contributed by atoms with Gasteiger partial charge in [0.2, 0.25) is 11.9 Å². The molecule has 2 aromatic heterocycles. The average Bonchev–Trinajstić information content (AvgIpc) is 3.39. The zero-order valence-corrected chi connectivity index (χ0v) is 13.4. The van der Waals surface area contributed by atoms with Crippen LogP contribution < -0.4 is 16.4 Å². The topological polar surface area (TPSA) is 102 Å². The van der Waals surface area contributed by atoms with Crippen molar-refractivity contribution < 1.29 is 0 Å². The number of aromatic nitrogens is 4. The van der Waals surface area contributed by atoms with Gasteiger partial charge in [0.1, 0.15) is 0 Å². The molecular weight excluding hydrogens is 290 g/mol. The molecule has 4 N–H and O–H groups in total. The molecule has 2 heterocycles. The normalized spacial score (nSPS) is 13.8. The second-order valence-electron chi connectivity index (χ2n) is 5.79. The fourth-order valence-corrected chi connectivity index (χ4v) is 2.40. The molecule has 1 aliphatic rings. The maximum Gasteiger partial charge on any atom is 0.223 e. The zero-order chi connectivity index (χ0) is 16.1. The molecule has 0 unspecified atom stereocenters. The first-order valence-electron chi connectivity index (χ1n) is 8.11. The molecule has 1 fully saturated rings. The van der Waals surface area contributed by atoms with Gasteiger partial charge in [0.25, 0.3) is 0 Å². The van der Waals surface area contributed by atoms with Gasteiger partial charge in [-0.2, -0.15) is 0 Å². The van der Waals surface area contributed by atoms with Crippen LogP contribution in [0.2, 0.25) is 0 Å². The van der Waals surface area contributed by atoms with Crippen molar-refractivity contribution >= 4 is 11.9 Å². The van der Waals surface area contributed by atoms with Crippen LogP contribution in [0, 0.1) is 5.92 Å². The van der Waals surface area contributed by atoms with Crippen molar-refractivity contribution in [2.45, 2.75) is 25.7 Å². The highest BCUT2D eigenvalue weighted by molar-refractivity contribution is 5.62. The second-order valence-corrected chi connectivity index (χ2v) is 5.79. The van der Waals surface area contributed by atoms with E-state index in [1.165, 1.54) is 12.8 Å². The van der Waals surface area contributed by atoms with E-state index in [0.717, 1.165) is 42.3 Å². The lowest BCUT2D eigenvalue weighted by molar-refractivity contribution is 0.801. The second kappa shape index (κ2) is 7.32. The lowest BCUT2D eigenvalue weighted by Gasteiger charge is -2.10. The maximum absolute atomic E-state index is 5.51. The summed E-state index contributed by atoms with van der Waals surface area (Å²) < 4.78 is 0. The van der Waals surface area contributed by atoms with Gasteiger partial charge in [-0.05, 0) is 44.2 Å². The Balaban J connectivity index is 1.86. The molecule has 0 aromatic carbocycles. The third-order valence-electron chi connectivity index (χ3n) is 3.87. The van der Waals surface area contributed by atoms with E-state index in [-0.39, 0.29) is 0 Å². The van der Waals surface area contributed by atoms with Crippen LogP contribution in [0.4, 0.5) is 11.9 Å². The summed E-state index contributed by atoms with van der Waals surface area (Å²) >= 11 is 0. The number of hydrogen-bond acceptors (Lipinski definition) is 7.